The maximum Gasteiger partial charge on any atom is 0.327 e. The molecule has 90 valence electrons. The van der Waals surface area contributed by atoms with Gasteiger partial charge in [0.15, 0.2) is 11.2 Å². The molecule has 3 rings (SSSR count). The standard InChI is InChI=1S/C10H4Br2N4O2/c11-3-1-2-4(12)6-5(3)13-7-8(14-6)15-10(18)16-9(7)17/h1-2H,(H2,14,15,16,17,18). The molecule has 2 aromatic heterocycles. The van der Waals surface area contributed by atoms with Crippen molar-refractivity contribution >= 4 is 54.1 Å². The summed E-state index contributed by atoms with van der Waals surface area (Å²) in [6.07, 6.45) is 0. The molecule has 0 aliphatic heterocycles. The minimum Gasteiger partial charge on any atom is -0.290 e. The number of aromatic nitrogens is 4. The zero-order chi connectivity index (χ0) is 12.9. The maximum absolute atomic E-state index is 11.6. The first-order chi connectivity index (χ1) is 8.56. The molecule has 0 unspecified atom stereocenters. The van der Waals surface area contributed by atoms with Crippen LogP contribution in [0.3, 0.4) is 0 Å². The number of fused-ring (bicyclic) bond motifs is 2. The molecule has 2 N–H and O–H groups in total. The lowest BCUT2D eigenvalue weighted by Gasteiger charge is -2.03. The first kappa shape index (κ1) is 11.5. The number of nitrogens with one attached hydrogen (secondary N) is 2. The van der Waals surface area contributed by atoms with Gasteiger partial charge in [-0.05, 0) is 44.0 Å². The van der Waals surface area contributed by atoms with Crippen LogP contribution in [0.15, 0.2) is 30.7 Å². The molecule has 0 saturated heterocycles. The largest absolute Gasteiger partial charge is 0.327 e. The minimum absolute atomic E-state index is 0.0981. The van der Waals surface area contributed by atoms with E-state index in [1.54, 1.807) is 12.1 Å². The predicted octanol–water partition coefficient (Wildman–Crippen LogP) is 1.68. The maximum atomic E-state index is 11.6. The Morgan fingerprint density at radius 2 is 1.50 bits per heavy atom. The Hall–Kier alpha value is -1.54. The number of nitrogens with zero attached hydrogens (tertiary/aromatic N) is 2. The van der Waals surface area contributed by atoms with E-state index < -0.39 is 11.2 Å². The average Bonchev–Trinajstić information content (AvgIpc) is 2.32. The predicted molar refractivity (Wildman–Crippen MR) is 73.7 cm³/mol. The van der Waals surface area contributed by atoms with Crippen LogP contribution in [0, 0.1) is 0 Å². The van der Waals surface area contributed by atoms with Crippen molar-refractivity contribution in [1.29, 1.82) is 0 Å². The van der Waals surface area contributed by atoms with Gasteiger partial charge in [0.25, 0.3) is 5.56 Å². The molecule has 6 nitrogen and oxygen atoms in total. The van der Waals surface area contributed by atoms with Crippen LogP contribution in [0.1, 0.15) is 0 Å². The topological polar surface area (TPSA) is 91.5 Å². The number of H-pyrrole nitrogens is 2. The van der Waals surface area contributed by atoms with Crippen LogP contribution < -0.4 is 11.2 Å². The van der Waals surface area contributed by atoms with E-state index >= 15 is 0 Å². The van der Waals surface area contributed by atoms with Gasteiger partial charge in [-0.2, -0.15) is 0 Å². The van der Waals surface area contributed by atoms with E-state index in [9.17, 15) is 9.59 Å². The Morgan fingerprint density at radius 1 is 0.889 bits per heavy atom. The first-order valence-corrected chi connectivity index (χ1v) is 6.43. The second kappa shape index (κ2) is 3.99. The molecule has 18 heavy (non-hydrogen) atoms. The monoisotopic (exact) mass is 370 g/mol. The fourth-order valence-electron chi connectivity index (χ4n) is 1.62. The lowest BCUT2D eigenvalue weighted by Crippen LogP contribution is -2.23. The van der Waals surface area contributed by atoms with Crippen LogP contribution in [0.2, 0.25) is 0 Å². The molecule has 0 aliphatic rings. The summed E-state index contributed by atoms with van der Waals surface area (Å²) in [5.41, 5.74) is 0.214. The second-order valence-electron chi connectivity index (χ2n) is 3.56. The minimum atomic E-state index is -0.604. The van der Waals surface area contributed by atoms with E-state index in [1.807, 2.05) is 0 Å². The van der Waals surface area contributed by atoms with E-state index in [2.05, 4.69) is 51.8 Å². The molecule has 0 radical (unpaired) electrons. The molecule has 3 aromatic rings. The summed E-state index contributed by atoms with van der Waals surface area (Å²) < 4.78 is 1.46. The van der Waals surface area contributed by atoms with Gasteiger partial charge in [0.05, 0.1) is 0 Å². The highest BCUT2D eigenvalue weighted by Crippen LogP contribution is 2.27. The summed E-state index contributed by atoms with van der Waals surface area (Å²) in [6.45, 7) is 0. The summed E-state index contributed by atoms with van der Waals surface area (Å²) in [6, 6.07) is 3.60. The first-order valence-electron chi connectivity index (χ1n) is 4.84. The third kappa shape index (κ3) is 1.68. The van der Waals surface area contributed by atoms with Gasteiger partial charge in [0, 0.05) is 8.95 Å². The summed E-state index contributed by atoms with van der Waals surface area (Å²) in [7, 11) is 0. The average molecular weight is 372 g/mol. The summed E-state index contributed by atoms with van der Waals surface area (Å²) in [4.78, 5) is 35.9. The highest BCUT2D eigenvalue weighted by molar-refractivity contribution is 9.11. The second-order valence-corrected chi connectivity index (χ2v) is 5.26. The van der Waals surface area contributed by atoms with Crippen LogP contribution in [-0.2, 0) is 0 Å². The van der Waals surface area contributed by atoms with Crippen LogP contribution in [0.4, 0.5) is 0 Å². The fourth-order valence-corrected chi connectivity index (χ4v) is 2.44. The number of halogens is 2. The van der Waals surface area contributed by atoms with Crippen LogP contribution in [-0.4, -0.2) is 19.9 Å². The SMILES string of the molecule is O=c1[nH]c(=O)c2nc3c(Br)ccc(Br)c3nc2[nH]1. The van der Waals surface area contributed by atoms with Crippen molar-refractivity contribution in [2.75, 3.05) is 0 Å². The Bertz CT molecular complexity index is 900. The Kier molecular flexibility index (Phi) is 2.56. The van der Waals surface area contributed by atoms with E-state index in [-0.39, 0.29) is 11.2 Å². The van der Waals surface area contributed by atoms with Gasteiger partial charge < -0.3 is 0 Å². The zero-order valence-corrected chi connectivity index (χ0v) is 11.8. The number of rotatable bonds is 0. The quantitative estimate of drug-likeness (QED) is 0.588. The summed E-state index contributed by atoms with van der Waals surface area (Å²) in [5, 5.41) is 0. The summed E-state index contributed by atoms with van der Waals surface area (Å²) >= 11 is 6.70. The van der Waals surface area contributed by atoms with Crippen molar-refractivity contribution in [2.24, 2.45) is 0 Å². The molecule has 0 bridgehead atoms. The van der Waals surface area contributed by atoms with Crippen molar-refractivity contribution in [3.05, 3.63) is 41.9 Å². The van der Waals surface area contributed by atoms with E-state index in [1.165, 1.54) is 0 Å². The van der Waals surface area contributed by atoms with Gasteiger partial charge in [0.1, 0.15) is 11.0 Å². The van der Waals surface area contributed by atoms with Gasteiger partial charge in [-0.25, -0.2) is 14.8 Å². The molecule has 1 aromatic carbocycles. The van der Waals surface area contributed by atoms with Gasteiger partial charge in [-0.3, -0.25) is 14.8 Å². The molecule has 0 amide bonds. The van der Waals surface area contributed by atoms with Gasteiger partial charge in [-0.1, -0.05) is 0 Å². The van der Waals surface area contributed by atoms with Crippen LogP contribution in [0.5, 0.6) is 0 Å². The van der Waals surface area contributed by atoms with Gasteiger partial charge >= 0.3 is 5.69 Å². The lowest BCUT2D eigenvalue weighted by molar-refractivity contribution is 1.05. The van der Waals surface area contributed by atoms with Crippen molar-refractivity contribution in [1.82, 2.24) is 19.9 Å². The summed E-state index contributed by atoms with van der Waals surface area (Å²) in [5.74, 6) is 0. The zero-order valence-electron chi connectivity index (χ0n) is 8.62. The van der Waals surface area contributed by atoms with Crippen molar-refractivity contribution in [3.63, 3.8) is 0 Å². The molecule has 0 aliphatic carbocycles. The number of benzene rings is 1. The number of hydrogen-bond donors (Lipinski definition) is 2. The van der Waals surface area contributed by atoms with E-state index in [0.717, 1.165) is 8.95 Å². The van der Waals surface area contributed by atoms with Gasteiger partial charge in [0.2, 0.25) is 0 Å². The Morgan fingerprint density at radius 3 is 2.17 bits per heavy atom. The molecule has 2 heterocycles. The molecule has 0 saturated carbocycles. The fraction of sp³-hybridized carbons (Fsp3) is 0. The molecule has 0 fully saturated rings. The Labute approximate surface area is 116 Å². The van der Waals surface area contributed by atoms with Crippen molar-refractivity contribution in [2.45, 2.75) is 0 Å². The highest BCUT2D eigenvalue weighted by atomic mass is 79.9. The normalized spacial score (nSPS) is 11.2. The molecule has 8 heteroatoms. The van der Waals surface area contributed by atoms with Crippen LogP contribution in [0.25, 0.3) is 22.2 Å². The van der Waals surface area contributed by atoms with E-state index in [4.69, 9.17) is 0 Å². The third-order valence-electron chi connectivity index (χ3n) is 2.40. The lowest BCUT2D eigenvalue weighted by atomic mass is 10.3. The molecule has 0 atom stereocenters. The molecular weight excluding hydrogens is 368 g/mol. The van der Waals surface area contributed by atoms with Gasteiger partial charge in [-0.15, -0.1) is 0 Å². The molecular formula is C10H4Br2N4O2. The van der Waals surface area contributed by atoms with Crippen molar-refractivity contribution in [3.8, 4) is 0 Å². The Balaban J connectivity index is 2.64. The number of aromatic amines is 2. The van der Waals surface area contributed by atoms with Crippen molar-refractivity contribution < 1.29 is 0 Å². The highest BCUT2D eigenvalue weighted by Gasteiger charge is 2.10. The van der Waals surface area contributed by atoms with E-state index in [0.29, 0.717) is 11.0 Å². The molecule has 0 spiro atoms. The smallest absolute Gasteiger partial charge is 0.290 e. The van der Waals surface area contributed by atoms with Crippen LogP contribution >= 0.6 is 31.9 Å². The third-order valence-corrected chi connectivity index (χ3v) is 3.68. The number of hydrogen-bond acceptors (Lipinski definition) is 4.